The zero-order valence-electron chi connectivity index (χ0n) is 12.3. The maximum absolute atomic E-state index is 13.3. The Kier molecular flexibility index (Phi) is 5.26. The Morgan fingerprint density at radius 2 is 1.76 bits per heavy atom. The van der Waals surface area contributed by atoms with E-state index in [-0.39, 0.29) is 11.6 Å². The molecule has 0 bridgehead atoms. The minimum Gasteiger partial charge on any atom is -0.326 e. The average Bonchev–Trinajstić information content (AvgIpc) is 2.47. The van der Waals surface area contributed by atoms with Crippen LogP contribution >= 0.6 is 0 Å². The van der Waals surface area contributed by atoms with Gasteiger partial charge in [0.2, 0.25) is 0 Å². The molecule has 1 atom stereocenters. The second-order valence-corrected chi connectivity index (χ2v) is 6.78. The molecule has 0 aliphatic rings. The van der Waals surface area contributed by atoms with Crippen molar-refractivity contribution in [3.8, 4) is 0 Å². The van der Waals surface area contributed by atoms with Crippen molar-refractivity contribution in [3.05, 3.63) is 65.0 Å². The van der Waals surface area contributed by atoms with Crippen LogP contribution in [-0.4, -0.2) is 4.21 Å². The Hall–Kier alpha value is -1.52. The van der Waals surface area contributed by atoms with Crippen LogP contribution in [0.15, 0.2) is 47.4 Å². The molecule has 1 unspecified atom stereocenters. The molecular formula is C17H20FNOS. The summed E-state index contributed by atoms with van der Waals surface area (Å²) in [5.41, 5.74) is 8.41. The second-order valence-electron chi connectivity index (χ2n) is 5.33. The first-order valence-electron chi connectivity index (χ1n) is 6.97. The van der Waals surface area contributed by atoms with Gasteiger partial charge in [-0.2, -0.15) is 0 Å². The lowest BCUT2D eigenvalue weighted by molar-refractivity contribution is 0.625. The molecule has 0 fully saturated rings. The fourth-order valence-electron chi connectivity index (χ4n) is 2.16. The predicted octanol–water partition coefficient (Wildman–Crippen LogP) is 3.72. The summed E-state index contributed by atoms with van der Waals surface area (Å²) in [6.45, 7) is 4.55. The highest BCUT2D eigenvalue weighted by Crippen LogP contribution is 2.20. The molecule has 21 heavy (non-hydrogen) atoms. The predicted molar refractivity (Wildman–Crippen MR) is 84.9 cm³/mol. The summed E-state index contributed by atoms with van der Waals surface area (Å²) < 4.78 is 25.8. The van der Waals surface area contributed by atoms with Gasteiger partial charge >= 0.3 is 0 Å². The topological polar surface area (TPSA) is 43.1 Å². The van der Waals surface area contributed by atoms with E-state index >= 15 is 0 Å². The Balaban J connectivity index is 2.19. The van der Waals surface area contributed by atoms with Crippen LogP contribution in [-0.2, 0) is 23.1 Å². The van der Waals surface area contributed by atoms with Crippen LogP contribution in [0.4, 0.5) is 4.39 Å². The third-order valence-electron chi connectivity index (χ3n) is 3.48. The van der Waals surface area contributed by atoms with Gasteiger partial charge in [0.15, 0.2) is 0 Å². The normalized spacial score (nSPS) is 12.6. The second kappa shape index (κ2) is 6.96. The van der Waals surface area contributed by atoms with Crippen LogP contribution in [0.1, 0.15) is 36.5 Å². The highest BCUT2D eigenvalue weighted by Gasteiger charge is 2.10. The molecule has 2 N–H and O–H groups in total. The van der Waals surface area contributed by atoms with Crippen LogP contribution < -0.4 is 5.73 Å². The van der Waals surface area contributed by atoms with Gasteiger partial charge in [-0.05, 0) is 46.9 Å². The van der Waals surface area contributed by atoms with Gasteiger partial charge in [0.1, 0.15) is 5.82 Å². The summed E-state index contributed by atoms with van der Waals surface area (Å²) in [5.74, 6) is 0.402. The fourth-order valence-corrected chi connectivity index (χ4v) is 3.31. The van der Waals surface area contributed by atoms with Crippen molar-refractivity contribution in [2.75, 3.05) is 0 Å². The van der Waals surface area contributed by atoms with E-state index < -0.39 is 10.8 Å². The molecule has 2 nitrogen and oxygen atoms in total. The van der Waals surface area contributed by atoms with Crippen molar-refractivity contribution < 1.29 is 8.60 Å². The van der Waals surface area contributed by atoms with Crippen LogP contribution in [0.25, 0.3) is 0 Å². The monoisotopic (exact) mass is 305 g/mol. The number of halogens is 1. The highest BCUT2D eigenvalue weighted by molar-refractivity contribution is 7.84. The van der Waals surface area contributed by atoms with E-state index in [9.17, 15) is 8.60 Å². The molecular weight excluding hydrogens is 285 g/mol. The Morgan fingerprint density at radius 3 is 2.33 bits per heavy atom. The highest BCUT2D eigenvalue weighted by atomic mass is 32.2. The number of hydrogen-bond acceptors (Lipinski definition) is 2. The molecule has 0 saturated heterocycles. The summed E-state index contributed by atoms with van der Waals surface area (Å²) in [5, 5.41) is 0. The first kappa shape index (κ1) is 15.9. The Morgan fingerprint density at radius 1 is 1.10 bits per heavy atom. The minimum atomic E-state index is -1.20. The first-order chi connectivity index (χ1) is 10.0. The molecule has 0 spiro atoms. The fraction of sp³-hybridized carbons (Fsp3) is 0.294. The summed E-state index contributed by atoms with van der Waals surface area (Å²) in [4.78, 5) is 0.756. The van der Waals surface area contributed by atoms with Gasteiger partial charge in [-0.3, -0.25) is 4.21 Å². The van der Waals surface area contributed by atoms with E-state index in [2.05, 4.69) is 13.8 Å². The Bertz CT molecular complexity index is 638. The third kappa shape index (κ3) is 3.99. The van der Waals surface area contributed by atoms with E-state index in [4.69, 9.17) is 5.73 Å². The van der Waals surface area contributed by atoms with Gasteiger partial charge in [-0.25, -0.2) is 4.39 Å². The average molecular weight is 305 g/mol. The maximum atomic E-state index is 13.3. The maximum Gasteiger partial charge on any atom is 0.123 e. The lowest BCUT2D eigenvalue weighted by Gasteiger charge is -2.09. The molecule has 2 rings (SSSR count). The number of nitrogens with two attached hydrogens (primary N) is 1. The third-order valence-corrected chi connectivity index (χ3v) is 4.86. The smallest absolute Gasteiger partial charge is 0.123 e. The molecule has 0 aliphatic carbocycles. The molecule has 0 heterocycles. The molecule has 2 aromatic rings. The minimum absolute atomic E-state index is 0.283. The number of hydrogen-bond donors (Lipinski definition) is 1. The number of rotatable bonds is 5. The molecule has 2 aromatic carbocycles. The van der Waals surface area contributed by atoms with Crippen molar-refractivity contribution in [2.24, 2.45) is 5.73 Å². The zero-order valence-corrected chi connectivity index (χ0v) is 13.1. The SMILES string of the molecule is CC(C)c1ccc(S(=O)Cc2cc(F)ccc2CN)cc1. The van der Waals surface area contributed by atoms with Crippen molar-refractivity contribution in [2.45, 2.75) is 37.0 Å². The van der Waals surface area contributed by atoms with Gasteiger partial charge < -0.3 is 5.73 Å². The lowest BCUT2D eigenvalue weighted by Crippen LogP contribution is -2.05. The van der Waals surface area contributed by atoms with E-state index in [0.717, 1.165) is 10.5 Å². The van der Waals surface area contributed by atoms with Crippen LogP contribution in [0.3, 0.4) is 0 Å². The molecule has 0 amide bonds. The largest absolute Gasteiger partial charge is 0.326 e. The van der Waals surface area contributed by atoms with E-state index in [1.165, 1.54) is 17.7 Å². The summed E-state index contributed by atoms with van der Waals surface area (Å²) in [6, 6.07) is 12.2. The number of benzene rings is 2. The van der Waals surface area contributed by atoms with Gasteiger partial charge in [0.05, 0.1) is 16.6 Å². The van der Waals surface area contributed by atoms with Crippen molar-refractivity contribution in [1.82, 2.24) is 0 Å². The summed E-state index contributed by atoms with van der Waals surface area (Å²) in [6.07, 6.45) is 0. The molecule has 112 valence electrons. The summed E-state index contributed by atoms with van der Waals surface area (Å²) >= 11 is 0. The van der Waals surface area contributed by atoms with Crippen molar-refractivity contribution in [1.29, 1.82) is 0 Å². The standard InChI is InChI=1S/C17H20FNOS/c1-12(2)13-4-7-17(8-5-13)21(20)11-15-9-16(18)6-3-14(15)10-19/h3-9,12H,10-11,19H2,1-2H3. The van der Waals surface area contributed by atoms with Crippen LogP contribution in [0.2, 0.25) is 0 Å². The van der Waals surface area contributed by atoms with Crippen LogP contribution in [0, 0.1) is 5.82 Å². The van der Waals surface area contributed by atoms with E-state index in [1.54, 1.807) is 6.07 Å². The quantitative estimate of drug-likeness (QED) is 0.915. The van der Waals surface area contributed by atoms with Gasteiger partial charge in [-0.15, -0.1) is 0 Å². The molecule has 0 aliphatic heterocycles. The Labute approximate surface area is 127 Å². The lowest BCUT2D eigenvalue weighted by atomic mass is 10.0. The van der Waals surface area contributed by atoms with Crippen molar-refractivity contribution >= 4 is 10.8 Å². The first-order valence-corrected chi connectivity index (χ1v) is 8.29. The van der Waals surface area contributed by atoms with Gasteiger partial charge in [0.25, 0.3) is 0 Å². The molecule has 4 heteroatoms. The zero-order chi connectivity index (χ0) is 15.4. The van der Waals surface area contributed by atoms with E-state index in [1.807, 2.05) is 24.3 Å². The van der Waals surface area contributed by atoms with Crippen molar-refractivity contribution in [3.63, 3.8) is 0 Å². The summed E-state index contributed by atoms with van der Waals surface area (Å²) in [7, 11) is -1.20. The molecule has 0 aromatic heterocycles. The molecule has 0 radical (unpaired) electrons. The van der Waals surface area contributed by atoms with Gasteiger partial charge in [0, 0.05) is 11.4 Å². The van der Waals surface area contributed by atoms with E-state index in [0.29, 0.717) is 18.0 Å². The van der Waals surface area contributed by atoms with Gasteiger partial charge in [-0.1, -0.05) is 32.0 Å². The van der Waals surface area contributed by atoms with Crippen LogP contribution in [0.5, 0.6) is 0 Å². The molecule has 0 saturated carbocycles.